The molecule has 0 amide bonds. The summed E-state index contributed by atoms with van der Waals surface area (Å²) in [6.07, 6.45) is 1.06. The van der Waals surface area contributed by atoms with E-state index in [1.165, 1.54) is 14.2 Å². The molecule has 0 aliphatic rings. The van der Waals surface area contributed by atoms with Crippen molar-refractivity contribution in [1.29, 1.82) is 0 Å². The second kappa shape index (κ2) is 6.38. The van der Waals surface area contributed by atoms with Crippen molar-refractivity contribution in [3.05, 3.63) is 27.6 Å². The summed E-state index contributed by atoms with van der Waals surface area (Å²) in [5.41, 5.74) is -0.573. The van der Waals surface area contributed by atoms with E-state index in [1.807, 2.05) is 0 Å². The SMILES string of the molecule is COC(=O)C(C)CN(C)S(=O)(=O)c1c[nH]c(=O)c(Cl)c1. The maximum Gasteiger partial charge on any atom is 0.309 e. The summed E-state index contributed by atoms with van der Waals surface area (Å²) in [7, 11) is -1.29. The number of nitrogens with one attached hydrogen (secondary N) is 1. The van der Waals surface area contributed by atoms with Crippen LogP contribution in [0.4, 0.5) is 0 Å². The highest BCUT2D eigenvalue weighted by Crippen LogP contribution is 2.16. The van der Waals surface area contributed by atoms with Gasteiger partial charge in [0.25, 0.3) is 5.56 Å². The molecule has 0 radical (unpaired) electrons. The molecule has 20 heavy (non-hydrogen) atoms. The number of methoxy groups -OCH3 is 1. The molecule has 0 fully saturated rings. The van der Waals surface area contributed by atoms with Crippen LogP contribution in [0.5, 0.6) is 0 Å². The third-order valence-corrected chi connectivity index (χ3v) is 4.76. The molecule has 1 unspecified atom stereocenters. The Morgan fingerprint density at radius 1 is 1.55 bits per heavy atom. The fourth-order valence-electron chi connectivity index (χ4n) is 1.53. The molecule has 0 spiro atoms. The van der Waals surface area contributed by atoms with E-state index in [0.717, 1.165) is 16.6 Å². The van der Waals surface area contributed by atoms with Crippen molar-refractivity contribution in [3.63, 3.8) is 0 Å². The van der Waals surface area contributed by atoms with Crippen molar-refractivity contribution in [2.75, 3.05) is 20.7 Å². The second-order valence-corrected chi connectivity index (χ2v) is 6.67. The van der Waals surface area contributed by atoms with Crippen LogP contribution < -0.4 is 5.56 Å². The van der Waals surface area contributed by atoms with Gasteiger partial charge in [-0.05, 0) is 6.07 Å². The number of pyridine rings is 1. The zero-order valence-corrected chi connectivity index (χ0v) is 12.8. The molecule has 1 heterocycles. The first kappa shape index (κ1) is 16.7. The lowest BCUT2D eigenvalue weighted by Crippen LogP contribution is -2.34. The maximum absolute atomic E-state index is 12.2. The first-order valence-electron chi connectivity index (χ1n) is 5.62. The molecule has 0 bridgehead atoms. The molecule has 0 aliphatic carbocycles. The van der Waals surface area contributed by atoms with E-state index >= 15 is 0 Å². The molecule has 1 N–H and O–H groups in total. The first-order chi connectivity index (χ1) is 9.20. The molecule has 0 aliphatic heterocycles. The van der Waals surface area contributed by atoms with Crippen LogP contribution in [0.2, 0.25) is 5.02 Å². The Balaban J connectivity index is 3.01. The number of H-pyrrole nitrogens is 1. The number of sulfonamides is 1. The third kappa shape index (κ3) is 3.59. The van der Waals surface area contributed by atoms with Crippen LogP contribution in [0.1, 0.15) is 6.92 Å². The van der Waals surface area contributed by atoms with E-state index in [-0.39, 0.29) is 16.5 Å². The second-order valence-electron chi connectivity index (χ2n) is 4.22. The Hall–Kier alpha value is -1.38. The standard InChI is InChI=1S/C11H15ClN2O5S/c1-7(11(16)19-3)6-14(2)20(17,18)8-4-9(12)10(15)13-5-8/h4-5,7H,6H2,1-3H3,(H,13,15). The van der Waals surface area contributed by atoms with Gasteiger partial charge in [0.05, 0.1) is 17.9 Å². The van der Waals surface area contributed by atoms with Gasteiger partial charge in [0, 0.05) is 19.8 Å². The van der Waals surface area contributed by atoms with Crippen molar-refractivity contribution in [3.8, 4) is 0 Å². The molecule has 0 saturated heterocycles. The number of aromatic nitrogens is 1. The summed E-state index contributed by atoms with van der Waals surface area (Å²) in [5, 5.41) is -0.222. The minimum absolute atomic E-state index is 0.0498. The molecule has 1 rings (SSSR count). The summed E-state index contributed by atoms with van der Waals surface area (Å²) >= 11 is 5.60. The predicted molar refractivity (Wildman–Crippen MR) is 73.1 cm³/mol. The molecule has 7 nitrogen and oxygen atoms in total. The van der Waals surface area contributed by atoms with Gasteiger partial charge in [-0.1, -0.05) is 18.5 Å². The van der Waals surface area contributed by atoms with Gasteiger partial charge in [-0.25, -0.2) is 12.7 Å². The van der Waals surface area contributed by atoms with Crippen LogP contribution in [-0.4, -0.2) is 44.4 Å². The van der Waals surface area contributed by atoms with E-state index in [0.29, 0.717) is 0 Å². The van der Waals surface area contributed by atoms with Crippen molar-refractivity contribution in [2.45, 2.75) is 11.8 Å². The molecule has 1 aromatic rings. The zero-order chi connectivity index (χ0) is 15.5. The summed E-state index contributed by atoms with van der Waals surface area (Å²) in [4.78, 5) is 24.5. The van der Waals surface area contributed by atoms with Gasteiger partial charge in [-0.3, -0.25) is 9.59 Å². The average molecular weight is 323 g/mol. The van der Waals surface area contributed by atoms with Gasteiger partial charge in [0.2, 0.25) is 10.0 Å². The van der Waals surface area contributed by atoms with Gasteiger partial charge < -0.3 is 9.72 Å². The highest BCUT2D eigenvalue weighted by Gasteiger charge is 2.26. The normalized spacial score (nSPS) is 13.2. The number of esters is 1. The average Bonchev–Trinajstić information content (AvgIpc) is 2.40. The number of carbonyl (C=O) groups is 1. The highest BCUT2D eigenvalue weighted by molar-refractivity contribution is 7.89. The highest BCUT2D eigenvalue weighted by atomic mass is 35.5. The lowest BCUT2D eigenvalue weighted by molar-refractivity contribution is -0.144. The maximum atomic E-state index is 12.2. The van der Waals surface area contributed by atoms with Crippen LogP contribution in [0.3, 0.4) is 0 Å². The summed E-state index contributed by atoms with van der Waals surface area (Å²) in [6, 6.07) is 1.06. The van der Waals surface area contributed by atoms with E-state index in [2.05, 4.69) is 9.72 Å². The molecule has 1 atom stereocenters. The minimum atomic E-state index is -3.84. The third-order valence-electron chi connectivity index (χ3n) is 2.67. The van der Waals surface area contributed by atoms with Crippen LogP contribution in [0, 0.1) is 5.92 Å². The van der Waals surface area contributed by atoms with E-state index in [9.17, 15) is 18.0 Å². The molecule has 112 valence electrons. The van der Waals surface area contributed by atoms with Crippen LogP contribution in [0.15, 0.2) is 22.0 Å². The Morgan fingerprint density at radius 2 is 2.15 bits per heavy atom. The van der Waals surface area contributed by atoms with Crippen LogP contribution >= 0.6 is 11.6 Å². The van der Waals surface area contributed by atoms with Crippen molar-refractivity contribution in [2.24, 2.45) is 5.92 Å². The van der Waals surface area contributed by atoms with Crippen molar-refractivity contribution >= 4 is 27.6 Å². The number of halogens is 1. The zero-order valence-electron chi connectivity index (χ0n) is 11.2. The first-order valence-corrected chi connectivity index (χ1v) is 7.44. The van der Waals surface area contributed by atoms with Gasteiger partial charge in [0.15, 0.2) is 0 Å². The van der Waals surface area contributed by atoms with E-state index in [4.69, 9.17) is 11.6 Å². The summed E-state index contributed by atoms with van der Waals surface area (Å²) in [6.45, 7) is 1.50. The van der Waals surface area contributed by atoms with Gasteiger partial charge in [-0.2, -0.15) is 0 Å². The summed E-state index contributed by atoms with van der Waals surface area (Å²) in [5.74, 6) is -1.12. The molecule has 0 aromatic carbocycles. The smallest absolute Gasteiger partial charge is 0.309 e. The largest absolute Gasteiger partial charge is 0.469 e. The molecule has 0 saturated carbocycles. The minimum Gasteiger partial charge on any atom is -0.469 e. The van der Waals surface area contributed by atoms with Crippen LogP contribution in [0.25, 0.3) is 0 Å². The van der Waals surface area contributed by atoms with Gasteiger partial charge >= 0.3 is 5.97 Å². The molecule has 1 aromatic heterocycles. The quantitative estimate of drug-likeness (QED) is 0.794. The number of rotatable bonds is 5. The van der Waals surface area contributed by atoms with E-state index < -0.39 is 27.5 Å². The lowest BCUT2D eigenvalue weighted by Gasteiger charge is -2.19. The number of hydrogen-bond donors (Lipinski definition) is 1. The van der Waals surface area contributed by atoms with Gasteiger partial charge in [-0.15, -0.1) is 0 Å². The van der Waals surface area contributed by atoms with Crippen molar-refractivity contribution in [1.82, 2.24) is 9.29 Å². The molecular formula is C11H15ClN2O5S. The monoisotopic (exact) mass is 322 g/mol. The molecule has 9 heteroatoms. The Morgan fingerprint density at radius 3 is 2.65 bits per heavy atom. The number of nitrogens with zero attached hydrogens (tertiary/aromatic N) is 1. The Kier molecular flexibility index (Phi) is 5.32. The number of ether oxygens (including phenoxy) is 1. The predicted octanol–water partition coefficient (Wildman–Crippen LogP) is 0.458. The number of hydrogen-bond acceptors (Lipinski definition) is 5. The molecular weight excluding hydrogens is 308 g/mol. The topological polar surface area (TPSA) is 96.5 Å². The fraction of sp³-hybridized carbons (Fsp3) is 0.455. The van der Waals surface area contributed by atoms with E-state index in [1.54, 1.807) is 6.92 Å². The fourth-order valence-corrected chi connectivity index (χ4v) is 3.02. The van der Waals surface area contributed by atoms with Crippen LogP contribution in [-0.2, 0) is 19.6 Å². The summed E-state index contributed by atoms with van der Waals surface area (Å²) < 4.78 is 30.0. The Labute approximate surface area is 121 Å². The number of aromatic amines is 1. The number of carbonyl (C=O) groups excluding carboxylic acids is 1. The van der Waals surface area contributed by atoms with Gasteiger partial charge in [0.1, 0.15) is 5.02 Å². The van der Waals surface area contributed by atoms with Crippen molar-refractivity contribution < 1.29 is 17.9 Å². The Bertz CT molecular complexity index is 655. The lowest BCUT2D eigenvalue weighted by atomic mass is 10.2.